The minimum absolute atomic E-state index is 0.0638. The second-order valence-corrected chi connectivity index (χ2v) is 6.25. The monoisotopic (exact) mass is 307 g/mol. The fourth-order valence-corrected chi connectivity index (χ4v) is 2.67. The maximum absolute atomic E-state index is 12.0. The zero-order chi connectivity index (χ0) is 14.5. The Balaban J connectivity index is 1.95. The van der Waals surface area contributed by atoms with Crippen molar-refractivity contribution in [1.82, 2.24) is 0 Å². The summed E-state index contributed by atoms with van der Waals surface area (Å²) < 4.78 is 12.0. The van der Waals surface area contributed by atoms with Crippen LogP contribution in [0.15, 0.2) is 53.4 Å². The van der Waals surface area contributed by atoms with Gasteiger partial charge in [-0.1, -0.05) is 29.3 Å². The summed E-state index contributed by atoms with van der Waals surface area (Å²) in [7, 11) is -1.34. The van der Waals surface area contributed by atoms with E-state index in [2.05, 4.69) is 5.32 Å². The third-order valence-electron chi connectivity index (χ3n) is 2.67. The molecule has 0 radical (unpaired) electrons. The zero-order valence-electron chi connectivity index (χ0n) is 10.9. The van der Waals surface area contributed by atoms with Gasteiger partial charge in [0.2, 0.25) is 5.91 Å². The lowest BCUT2D eigenvalue weighted by Crippen LogP contribution is -2.19. The molecule has 2 aromatic rings. The molecule has 20 heavy (non-hydrogen) atoms. The average Bonchev–Trinajstić information content (AvgIpc) is 2.42. The molecule has 0 spiro atoms. The third-order valence-corrected chi connectivity index (χ3v) is 4.25. The number of aryl methyl sites for hydroxylation is 1. The van der Waals surface area contributed by atoms with Crippen molar-refractivity contribution < 1.29 is 9.00 Å². The van der Waals surface area contributed by atoms with Crippen LogP contribution in [-0.2, 0) is 15.6 Å². The third kappa shape index (κ3) is 4.18. The molecule has 5 heteroatoms. The molecule has 0 saturated heterocycles. The van der Waals surface area contributed by atoms with E-state index in [1.54, 1.807) is 36.4 Å². The second-order valence-electron chi connectivity index (χ2n) is 4.36. The Bertz CT molecular complexity index is 623. The van der Waals surface area contributed by atoms with Crippen LogP contribution in [0.5, 0.6) is 0 Å². The molecule has 0 bridgehead atoms. The molecular formula is C15H14ClNO2S. The van der Waals surface area contributed by atoms with E-state index in [9.17, 15) is 9.00 Å². The van der Waals surface area contributed by atoms with Gasteiger partial charge in [-0.05, 0) is 43.3 Å². The summed E-state index contributed by atoms with van der Waals surface area (Å²) in [6.45, 7) is 1.96. The number of carbonyl (C=O) groups is 1. The van der Waals surface area contributed by atoms with Gasteiger partial charge in [0.25, 0.3) is 0 Å². The first-order valence-corrected chi connectivity index (χ1v) is 7.75. The van der Waals surface area contributed by atoms with Crippen molar-refractivity contribution in [2.24, 2.45) is 0 Å². The molecular weight excluding hydrogens is 294 g/mol. The van der Waals surface area contributed by atoms with Gasteiger partial charge in [-0.15, -0.1) is 0 Å². The van der Waals surface area contributed by atoms with E-state index in [4.69, 9.17) is 11.6 Å². The van der Waals surface area contributed by atoms with E-state index in [0.717, 1.165) is 5.56 Å². The smallest absolute Gasteiger partial charge is 0.237 e. The van der Waals surface area contributed by atoms with Gasteiger partial charge in [-0.3, -0.25) is 9.00 Å². The van der Waals surface area contributed by atoms with Crippen LogP contribution in [0.25, 0.3) is 0 Å². The van der Waals surface area contributed by atoms with Gasteiger partial charge in [0.05, 0.1) is 10.8 Å². The van der Waals surface area contributed by atoms with E-state index >= 15 is 0 Å². The summed E-state index contributed by atoms with van der Waals surface area (Å²) in [5, 5.41) is 3.29. The number of hydrogen-bond acceptors (Lipinski definition) is 2. The maximum Gasteiger partial charge on any atom is 0.237 e. The van der Waals surface area contributed by atoms with Crippen LogP contribution in [0.2, 0.25) is 5.02 Å². The first-order chi connectivity index (χ1) is 9.54. The summed E-state index contributed by atoms with van der Waals surface area (Å²) >= 11 is 5.76. The number of rotatable bonds is 4. The fourth-order valence-electron chi connectivity index (χ4n) is 1.62. The molecule has 2 aromatic carbocycles. The molecule has 0 heterocycles. The van der Waals surface area contributed by atoms with Gasteiger partial charge in [-0.25, -0.2) is 0 Å². The highest BCUT2D eigenvalue weighted by atomic mass is 35.5. The summed E-state index contributed by atoms with van der Waals surface area (Å²) in [5.41, 5.74) is 1.73. The summed E-state index contributed by atoms with van der Waals surface area (Å²) in [6.07, 6.45) is 0. The molecule has 1 unspecified atom stereocenters. The van der Waals surface area contributed by atoms with Crippen LogP contribution in [-0.4, -0.2) is 15.9 Å². The van der Waals surface area contributed by atoms with E-state index < -0.39 is 10.8 Å². The molecule has 2 rings (SSSR count). The molecule has 0 fully saturated rings. The predicted octanol–water partition coefficient (Wildman–Crippen LogP) is 3.39. The van der Waals surface area contributed by atoms with Crippen LogP contribution < -0.4 is 5.32 Å². The highest BCUT2D eigenvalue weighted by Gasteiger charge is 2.10. The number of anilines is 1. The minimum atomic E-state index is -1.34. The molecule has 0 saturated carbocycles. The van der Waals surface area contributed by atoms with Crippen LogP contribution in [0.3, 0.4) is 0 Å². The Morgan fingerprint density at radius 3 is 2.30 bits per heavy atom. The minimum Gasteiger partial charge on any atom is -0.325 e. The van der Waals surface area contributed by atoms with Crippen molar-refractivity contribution in [2.75, 3.05) is 11.1 Å². The SMILES string of the molecule is Cc1ccc(S(=O)CC(=O)Nc2ccc(Cl)cc2)cc1. The van der Waals surface area contributed by atoms with E-state index in [1.165, 1.54) is 0 Å². The van der Waals surface area contributed by atoms with Crippen LogP contribution >= 0.6 is 11.6 Å². The molecule has 0 aliphatic carbocycles. The Labute approximate surface area is 125 Å². The molecule has 0 aliphatic rings. The van der Waals surface area contributed by atoms with Crippen molar-refractivity contribution in [3.8, 4) is 0 Å². The summed E-state index contributed by atoms with van der Waals surface area (Å²) in [6, 6.07) is 14.1. The quantitative estimate of drug-likeness (QED) is 0.941. The summed E-state index contributed by atoms with van der Waals surface area (Å²) in [5.74, 6) is -0.350. The van der Waals surface area contributed by atoms with Gasteiger partial charge in [0.15, 0.2) is 0 Å². The lowest BCUT2D eigenvalue weighted by Gasteiger charge is -2.06. The van der Waals surface area contributed by atoms with E-state index in [-0.39, 0.29) is 11.7 Å². The highest BCUT2D eigenvalue weighted by Crippen LogP contribution is 2.14. The van der Waals surface area contributed by atoms with Crippen LogP contribution in [0, 0.1) is 6.92 Å². The molecule has 3 nitrogen and oxygen atoms in total. The maximum atomic E-state index is 12.0. The summed E-state index contributed by atoms with van der Waals surface area (Å²) in [4.78, 5) is 12.5. The first kappa shape index (κ1) is 14.8. The highest BCUT2D eigenvalue weighted by molar-refractivity contribution is 7.85. The van der Waals surface area contributed by atoms with Crippen molar-refractivity contribution in [3.63, 3.8) is 0 Å². The van der Waals surface area contributed by atoms with Crippen LogP contribution in [0.1, 0.15) is 5.56 Å². The standard InChI is InChI=1S/C15H14ClNO2S/c1-11-2-8-14(9-3-11)20(19)10-15(18)17-13-6-4-12(16)5-7-13/h2-9H,10H2,1H3,(H,17,18). The van der Waals surface area contributed by atoms with Gasteiger partial charge in [0.1, 0.15) is 5.75 Å². The Kier molecular flexibility index (Phi) is 4.93. The molecule has 1 amide bonds. The van der Waals surface area contributed by atoms with E-state index in [0.29, 0.717) is 15.6 Å². The first-order valence-electron chi connectivity index (χ1n) is 6.05. The molecule has 104 valence electrons. The fraction of sp³-hybridized carbons (Fsp3) is 0.133. The Hall–Kier alpha value is -1.65. The van der Waals surface area contributed by atoms with Crippen molar-refractivity contribution in [3.05, 3.63) is 59.1 Å². The van der Waals surface area contributed by atoms with Gasteiger partial charge < -0.3 is 5.32 Å². The van der Waals surface area contributed by atoms with Gasteiger partial charge in [0, 0.05) is 15.6 Å². The lowest BCUT2D eigenvalue weighted by atomic mass is 10.2. The van der Waals surface area contributed by atoms with E-state index in [1.807, 2.05) is 19.1 Å². The molecule has 0 aromatic heterocycles. The molecule has 1 atom stereocenters. The topological polar surface area (TPSA) is 46.2 Å². The average molecular weight is 308 g/mol. The molecule has 1 N–H and O–H groups in total. The molecule has 0 aliphatic heterocycles. The Morgan fingerprint density at radius 1 is 1.10 bits per heavy atom. The van der Waals surface area contributed by atoms with Crippen LogP contribution in [0.4, 0.5) is 5.69 Å². The number of hydrogen-bond donors (Lipinski definition) is 1. The van der Waals surface area contributed by atoms with Crippen molar-refractivity contribution in [2.45, 2.75) is 11.8 Å². The number of carbonyl (C=O) groups excluding carboxylic acids is 1. The number of nitrogens with one attached hydrogen (secondary N) is 1. The number of halogens is 1. The van der Waals surface area contributed by atoms with Crippen molar-refractivity contribution in [1.29, 1.82) is 0 Å². The lowest BCUT2D eigenvalue weighted by molar-refractivity contribution is -0.113. The second kappa shape index (κ2) is 6.68. The number of benzene rings is 2. The normalized spacial score (nSPS) is 11.9. The number of amides is 1. The Morgan fingerprint density at radius 2 is 1.70 bits per heavy atom. The largest absolute Gasteiger partial charge is 0.325 e. The zero-order valence-corrected chi connectivity index (χ0v) is 12.5. The van der Waals surface area contributed by atoms with Crippen molar-refractivity contribution >= 4 is 34.0 Å². The van der Waals surface area contributed by atoms with Gasteiger partial charge in [-0.2, -0.15) is 0 Å². The van der Waals surface area contributed by atoms with Gasteiger partial charge >= 0.3 is 0 Å². The predicted molar refractivity (Wildman–Crippen MR) is 82.5 cm³/mol.